The van der Waals surface area contributed by atoms with Crippen LogP contribution in [0.3, 0.4) is 0 Å². The van der Waals surface area contributed by atoms with Crippen molar-refractivity contribution >= 4 is 21.7 Å². The number of amides is 2. The Hall–Kier alpha value is -3.38. The molecule has 3 heterocycles. The summed E-state index contributed by atoms with van der Waals surface area (Å²) in [5.74, 6) is 0. The molecule has 1 N–H and O–H groups in total. The molecule has 1 saturated heterocycles. The smallest absolute Gasteiger partial charge is 0.321 e. The predicted molar refractivity (Wildman–Crippen MR) is 103 cm³/mol. The summed E-state index contributed by atoms with van der Waals surface area (Å²) in [4.78, 5) is 18.1. The first-order chi connectivity index (χ1) is 14.0. The number of benzene rings is 1. The van der Waals surface area contributed by atoms with Crippen molar-refractivity contribution < 1.29 is 13.2 Å². The zero-order chi connectivity index (χ0) is 20.3. The minimum Gasteiger partial charge on any atom is -0.322 e. The minimum atomic E-state index is -3.60. The molecule has 4 rings (SSSR count). The van der Waals surface area contributed by atoms with Crippen molar-refractivity contribution in [3.63, 3.8) is 0 Å². The molecule has 2 amide bonds. The Labute approximate surface area is 167 Å². The van der Waals surface area contributed by atoms with E-state index in [0.29, 0.717) is 18.8 Å². The number of carbonyl (C=O) groups excluding carboxylic acids is 1. The van der Waals surface area contributed by atoms with E-state index < -0.39 is 10.0 Å². The fourth-order valence-electron chi connectivity index (χ4n) is 2.96. The van der Waals surface area contributed by atoms with Crippen LogP contribution in [0.2, 0.25) is 0 Å². The summed E-state index contributed by atoms with van der Waals surface area (Å²) < 4.78 is 28.1. The molecule has 1 fully saturated rings. The first-order valence-corrected chi connectivity index (χ1v) is 10.3. The number of aromatic nitrogens is 5. The number of rotatable bonds is 4. The lowest BCUT2D eigenvalue weighted by Crippen LogP contribution is -2.51. The maximum atomic E-state index is 12.6. The summed E-state index contributed by atoms with van der Waals surface area (Å²) in [6, 6.07) is 9.88. The van der Waals surface area contributed by atoms with Gasteiger partial charge < -0.3 is 10.2 Å². The second-order valence-corrected chi connectivity index (χ2v) is 8.25. The highest BCUT2D eigenvalue weighted by Crippen LogP contribution is 2.17. The third-order valence-corrected chi connectivity index (χ3v) is 6.41. The van der Waals surface area contributed by atoms with Crippen molar-refractivity contribution in [2.24, 2.45) is 0 Å². The first-order valence-electron chi connectivity index (χ1n) is 8.83. The number of sulfonamides is 1. The fourth-order valence-corrected chi connectivity index (χ4v) is 4.35. The quantitative estimate of drug-likeness (QED) is 0.662. The summed E-state index contributed by atoms with van der Waals surface area (Å²) in [6.07, 6.45) is 4.33. The lowest BCUT2D eigenvalue weighted by atomic mass is 10.3. The molecule has 150 valence electrons. The van der Waals surface area contributed by atoms with E-state index >= 15 is 0 Å². The SMILES string of the molecule is O=C(Nc1ccc(-n2cnnn2)cc1)N1CCN(S(=O)(=O)c2cccnc2)CC1. The summed E-state index contributed by atoms with van der Waals surface area (Å²) in [5.41, 5.74) is 1.39. The molecule has 1 aliphatic rings. The predicted octanol–water partition coefficient (Wildman–Crippen LogP) is 0.596. The van der Waals surface area contributed by atoms with Crippen molar-refractivity contribution in [3.05, 3.63) is 55.1 Å². The van der Waals surface area contributed by atoms with Gasteiger partial charge in [0.25, 0.3) is 0 Å². The number of tetrazole rings is 1. The van der Waals surface area contributed by atoms with Crippen LogP contribution in [0.1, 0.15) is 0 Å². The monoisotopic (exact) mass is 414 g/mol. The number of hydrogen-bond acceptors (Lipinski definition) is 7. The maximum absolute atomic E-state index is 12.6. The third kappa shape index (κ3) is 4.07. The Morgan fingerprint density at radius 2 is 1.79 bits per heavy atom. The van der Waals surface area contributed by atoms with Crippen molar-refractivity contribution in [3.8, 4) is 5.69 Å². The van der Waals surface area contributed by atoms with Gasteiger partial charge in [-0.1, -0.05) is 0 Å². The van der Waals surface area contributed by atoms with Crippen LogP contribution in [0.15, 0.2) is 60.0 Å². The molecule has 0 unspecified atom stereocenters. The summed E-state index contributed by atoms with van der Waals surface area (Å²) >= 11 is 0. The van der Waals surface area contributed by atoms with Gasteiger partial charge in [0.1, 0.15) is 11.2 Å². The molecule has 0 atom stereocenters. The highest BCUT2D eigenvalue weighted by Gasteiger charge is 2.30. The summed E-state index contributed by atoms with van der Waals surface area (Å²) in [5, 5.41) is 13.8. The fraction of sp³-hybridized carbons (Fsp3) is 0.235. The first kappa shape index (κ1) is 19.0. The molecule has 3 aromatic rings. The number of carbonyl (C=O) groups is 1. The average molecular weight is 414 g/mol. The van der Waals surface area contributed by atoms with E-state index in [-0.39, 0.29) is 24.0 Å². The highest BCUT2D eigenvalue weighted by atomic mass is 32.2. The van der Waals surface area contributed by atoms with E-state index in [1.54, 1.807) is 35.2 Å². The number of hydrogen-bond donors (Lipinski definition) is 1. The Morgan fingerprint density at radius 1 is 1.03 bits per heavy atom. The van der Waals surface area contributed by atoms with Gasteiger partial charge in [-0.05, 0) is 46.8 Å². The number of piperazine rings is 1. The summed E-state index contributed by atoms with van der Waals surface area (Å²) in [6.45, 7) is 1.05. The third-order valence-electron chi connectivity index (χ3n) is 4.53. The molecule has 0 bridgehead atoms. The van der Waals surface area contributed by atoms with Crippen molar-refractivity contribution in [2.75, 3.05) is 31.5 Å². The van der Waals surface area contributed by atoms with Gasteiger partial charge in [0.2, 0.25) is 10.0 Å². The van der Waals surface area contributed by atoms with Crippen molar-refractivity contribution in [1.82, 2.24) is 34.4 Å². The van der Waals surface area contributed by atoms with Crippen LogP contribution in [0, 0.1) is 0 Å². The van der Waals surface area contributed by atoms with Gasteiger partial charge in [0.15, 0.2) is 0 Å². The molecule has 11 nitrogen and oxygen atoms in total. The Bertz CT molecular complexity index is 1060. The Balaban J connectivity index is 1.34. The van der Waals surface area contributed by atoms with E-state index in [0.717, 1.165) is 5.69 Å². The van der Waals surface area contributed by atoms with Gasteiger partial charge in [-0.3, -0.25) is 4.98 Å². The van der Waals surface area contributed by atoms with Gasteiger partial charge >= 0.3 is 6.03 Å². The molecule has 29 heavy (non-hydrogen) atoms. The number of pyridine rings is 1. The minimum absolute atomic E-state index is 0.153. The van der Waals surface area contributed by atoms with Crippen LogP contribution in [-0.4, -0.2) is 75.0 Å². The second-order valence-electron chi connectivity index (χ2n) is 6.31. The topological polar surface area (TPSA) is 126 Å². The molecular formula is C17H18N8O3S. The standard InChI is InChI=1S/C17H18N8O3S/c26-17(20-14-3-5-15(6-4-14)25-13-19-21-22-25)23-8-10-24(11-9-23)29(27,28)16-2-1-7-18-12-16/h1-7,12-13H,8-11H2,(H,20,26). The van der Waals surface area contributed by atoms with Crippen LogP contribution in [0.25, 0.3) is 5.69 Å². The number of nitrogens with one attached hydrogen (secondary N) is 1. The molecule has 0 aliphatic carbocycles. The van der Waals surface area contributed by atoms with Gasteiger partial charge in [-0.2, -0.15) is 4.31 Å². The molecule has 0 saturated carbocycles. The van der Waals surface area contributed by atoms with Crippen LogP contribution in [0.4, 0.5) is 10.5 Å². The maximum Gasteiger partial charge on any atom is 0.321 e. The lowest BCUT2D eigenvalue weighted by Gasteiger charge is -2.33. The molecule has 1 aromatic carbocycles. The van der Waals surface area contributed by atoms with E-state index in [4.69, 9.17) is 0 Å². The average Bonchev–Trinajstić information content (AvgIpc) is 3.30. The molecular weight excluding hydrogens is 396 g/mol. The van der Waals surface area contributed by atoms with Crippen molar-refractivity contribution in [2.45, 2.75) is 4.90 Å². The molecule has 2 aromatic heterocycles. The zero-order valence-electron chi connectivity index (χ0n) is 15.3. The van der Waals surface area contributed by atoms with Gasteiger partial charge in [-0.25, -0.2) is 17.9 Å². The van der Waals surface area contributed by atoms with Crippen LogP contribution >= 0.6 is 0 Å². The van der Waals surface area contributed by atoms with E-state index in [9.17, 15) is 13.2 Å². The van der Waals surface area contributed by atoms with Gasteiger partial charge in [-0.15, -0.1) is 5.10 Å². The molecule has 12 heteroatoms. The van der Waals surface area contributed by atoms with Crippen LogP contribution < -0.4 is 5.32 Å². The largest absolute Gasteiger partial charge is 0.322 e. The number of anilines is 1. The number of urea groups is 1. The Morgan fingerprint density at radius 3 is 2.41 bits per heavy atom. The highest BCUT2D eigenvalue weighted by molar-refractivity contribution is 7.89. The molecule has 0 radical (unpaired) electrons. The van der Waals surface area contributed by atoms with Crippen molar-refractivity contribution in [1.29, 1.82) is 0 Å². The molecule has 0 spiro atoms. The van der Waals surface area contributed by atoms with E-state index in [1.165, 1.54) is 33.8 Å². The normalized spacial score (nSPS) is 15.2. The van der Waals surface area contributed by atoms with Gasteiger partial charge in [0.05, 0.1) is 5.69 Å². The lowest BCUT2D eigenvalue weighted by molar-refractivity contribution is 0.184. The van der Waals surface area contributed by atoms with Crippen LogP contribution in [0.5, 0.6) is 0 Å². The Kier molecular flexibility index (Phi) is 5.18. The van der Waals surface area contributed by atoms with Gasteiger partial charge in [0, 0.05) is 44.3 Å². The van der Waals surface area contributed by atoms with Crippen LogP contribution in [-0.2, 0) is 10.0 Å². The number of nitrogens with zero attached hydrogens (tertiary/aromatic N) is 7. The molecule has 1 aliphatic heterocycles. The zero-order valence-corrected chi connectivity index (χ0v) is 16.1. The second kappa shape index (κ2) is 7.93. The van der Waals surface area contributed by atoms with E-state index in [2.05, 4.69) is 25.8 Å². The summed E-state index contributed by atoms with van der Waals surface area (Å²) in [7, 11) is -3.60. The van der Waals surface area contributed by atoms with E-state index in [1.807, 2.05) is 0 Å².